The van der Waals surface area contributed by atoms with Crippen LogP contribution in [-0.4, -0.2) is 12.1 Å². The number of esters is 1. The first-order chi connectivity index (χ1) is 15.9. The Bertz CT molecular complexity index is 1330. The molecule has 0 N–H and O–H groups in total. The molecule has 0 saturated carbocycles. The molecule has 0 saturated heterocycles. The number of rotatable bonds is 7. The number of fused-ring (bicyclic) bond motifs is 1. The van der Waals surface area contributed by atoms with Gasteiger partial charge in [-0.1, -0.05) is 30.7 Å². The minimum absolute atomic E-state index is 0.0708. The van der Waals surface area contributed by atoms with E-state index < -0.39 is 12.1 Å². The van der Waals surface area contributed by atoms with E-state index in [-0.39, 0.29) is 22.5 Å². The molecule has 1 aromatic heterocycles. The zero-order valence-corrected chi connectivity index (χ0v) is 18.8. The molecule has 0 radical (unpaired) electrons. The predicted molar refractivity (Wildman–Crippen MR) is 126 cm³/mol. The molecule has 0 spiro atoms. The highest BCUT2D eigenvalue weighted by molar-refractivity contribution is 6.30. The van der Waals surface area contributed by atoms with Gasteiger partial charge in [0, 0.05) is 11.1 Å². The van der Waals surface area contributed by atoms with Crippen LogP contribution in [0.3, 0.4) is 0 Å². The summed E-state index contributed by atoms with van der Waals surface area (Å²) in [5, 5.41) is 0.876. The molecule has 168 valence electrons. The second-order valence-corrected chi connectivity index (χ2v) is 7.76. The van der Waals surface area contributed by atoms with Crippen LogP contribution in [0.5, 0.6) is 23.0 Å². The maximum Gasteiger partial charge on any atom is 0.352 e. The van der Waals surface area contributed by atoms with Crippen LogP contribution in [0.2, 0.25) is 5.02 Å². The van der Waals surface area contributed by atoms with Crippen LogP contribution in [0.4, 0.5) is 0 Å². The zero-order chi connectivity index (χ0) is 23.4. The van der Waals surface area contributed by atoms with E-state index in [0.29, 0.717) is 21.9 Å². The average molecular weight is 465 g/mol. The molecule has 0 amide bonds. The van der Waals surface area contributed by atoms with E-state index in [2.05, 4.69) is 6.92 Å². The first kappa shape index (κ1) is 22.4. The Hall–Kier alpha value is -3.77. The summed E-state index contributed by atoms with van der Waals surface area (Å²) in [6, 6.07) is 18.7. The van der Waals surface area contributed by atoms with Gasteiger partial charge in [0.1, 0.15) is 29.1 Å². The fourth-order valence-electron chi connectivity index (χ4n) is 3.11. The first-order valence-corrected chi connectivity index (χ1v) is 10.8. The van der Waals surface area contributed by atoms with E-state index in [1.54, 1.807) is 43.3 Å². The Morgan fingerprint density at radius 3 is 2.33 bits per heavy atom. The molecule has 3 aromatic carbocycles. The van der Waals surface area contributed by atoms with Gasteiger partial charge in [-0.2, -0.15) is 0 Å². The molecule has 4 aromatic rings. The van der Waals surface area contributed by atoms with Crippen molar-refractivity contribution in [3.8, 4) is 23.0 Å². The zero-order valence-electron chi connectivity index (χ0n) is 18.0. The molecule has 0 bridgehead atoms. The van der Waals surface area contributed by atoms with Crippen molar-refractivity contribution >= 4 is 28.5 Å². The Morgan fingerprint density at radius 2 is 1.64 bits per heavy atom. The molecule has 1 unspecified atom stereocenters. The van der Waals surface area contributed by atoms with Crippen LogP contribution in [0.15, 0.2) is 82.2 Å². The van der Waals surface area contributed by atoms with Gasteiger partial charge in [-0.3, -0.25) is 4.79 Å². The van der Waals surface area contributed by atoms with E-state index in [4.69, 9.17) is 30.2 Å². The van der Waals surface area contributed by atoms with E-state index >= 15 is 0 Å². The quantitative estimate of drug-likeness (QED) is 0.240. The second-order valence-electron chi connectivity index (χ2n) is 7.32. The van der Waals surface area contributed by atoms with Crippen molar-refractivity contribution in [2.75, 3.05) is 0 Å². The summed E-state index contributed by atoms with van der Waals surface area (Å²) in [5.41, 5.74) is 1.11. The van der Waals surface area contributed by atoms with Crippen molar-refractivity contribution in [1.82, 2.24) is 0 Å². The Kier molecular flexibility index (Phi) is 6.66. The minimum atomic E-state index is -0.858. The minimum Gasteiger partial charge on any atom is -0.479 e. The third-order valence-electron chi connectivity index (χ3n) is 4.95. The Balaban J connectivity index is 1.47. The van der Waals surface area contributed by atoms with Gasteiger partial charge >= 0.3 is 5.97 Å². The Labute approximate surface area is 195 Å². The second kappa shape index (κ2) is 9.79. The van der Waals surface area contributed by atoms with Crippen molar-refractivity contribution in [2.45, 2.75) is 26.4 Å². The number of ether oxygens (including phenoxy) is 3. The third-order valence-corrected chi connectivity index (χ3v) is 5.20. The maximum absolute atomic E-state index is 12.8. The van der Waals surface area contributed by atoms with Crippen LogP contribution in [0.1, 0.15) is 19.4 Å². The monoisotopic (exact) mass is 464 g/mol. The summed E-state index contributed by atoms with van der Waals surface area (Å²) in [7, 11) is 0. The third kappa shape index (κ3) is 5.35. The molecule has 1 heterocycles. The summed E-state index contributed by atoms with van der Waals surface area (Å²) >= 11 is 5.85. The fourth-order valence-corrected chi connectivity index (χ4v) is 3.24. The van der Waals surface area contributed by atoms with Crippen molar-refractivity contribution in [2.24, 2.45) is 0 Å². The van der Waals surface area contributed by atoms with Gasteiger partial charge in [-0.25, -0.2) is 4.79 Å². The smallest absolute Gasteiger partial charge is 0.352 e. The highest BCUT2D eigenvalue weighted by Gasteiger charge is 2.18. The number of hydrogen-bond acceptors (Lipinski definition) is 6. The summed E-state index contributed by atoms with van der Waals surface area (Å²) in [5.74, 6) is 0.735. The maximum atomic E-state index is 12.8. The van der Waals surface area contributed by atoms with Gasteiger partial charge in [0.05, 0.1) is 5.39 Å². The summed E-state index contributed by atoms with van der Waals surface area (Å²) in [6.07, 6.45) is 1.30. The molecular weight excluding hydrogens is 444 g/mol. The van der Waals surface area contributed by atoms with Crippen LogP contribution in [0.25, 0.3) is 11.0 Å². The molecule has 33 heavy (non-hydrogen) atoms. The molecule has 0 aliphatic carbocycles. The molecule has 0 aliphatic heterocycles. The van der Waals surface area contributed by atoms with Gasteiger partial charge in [0.25, 0.3) is 0 Å². The lowest BCUT2D eigenvalue weighted by molar-refractivity contribution is -0.141. The fraction of sp³-hybridized carbons (Fsp3) is 0.154. The van der Waals surface area contributed by atoms with Gasteiger partial charge in [0.15, 0.2) is 6.10 Å². The molecular formula is C26H21ClO6. The number of carbonyl (C=O) groups is 1. The molecule has 6 nitrogen and oxygen atoms in total. The van der Waals surface area contributed by atoms with Gasteiger partial charge < -0.3 is 18.6 Å². The molecule has 1 atom stereocenters. The first-order valence-electron chi connectivity index (χ1n) is 10.4. The summed E-state index contributed by atoms with van der Waals surface area (Å²) in [4.78, 5) is 25.2. The standard InChI is InChI=1S/C26H21ClO6/c1-3-17-4-8-20(9-5-17)32-24-15-30-23-14-21(12-13-22(23)25(24)28)33-26(29)16(2)31-19-10-6-18(27)7-11-19/h4-16H,3H2,1-2H3. The highest BCUT2D eigenvalue weighted by Crippen LogP contribution is 2.25. The van der Waals surface area contributed by atoms with E-state index in [9.17, 15) is 9.59 Å². The van der Waals surface area contributed by atoms with Crippen LogP contribution in [-0.2, 0) is 11.2 Å². The van der Waals surface area contributed by atoms with E-state index in [1.807, 2.05) is 12.1 Å². The Morgan fingerprint density at radius 1 is 0.970 bits per heavy atom. The summed E-state index contributed by atoms with van der Waals surface area (Å²) < 4.78 is 22.2. The molecule has 7 heteroatoms. The van der Waals surface area contributed by atoms with E-state index in [0.717, 1.165) is 6.42 Å². The van der Waals surface area contributed by atoms with Crippen LogP contribution in [0, 0.1) is 0 Å². The molecule has 0 aliphatic rings. The normalized spacial score (nSPS) is 11.7. The number of hydrogen-bond donors (Lipinski definition) is 0. The van der Waals surface area contributed by atoms with Crippen molar-refractivity contribution in [3.63, 3.8) is 0 Å². The average Bonchev–Trinajstić information content (AvgIpc) is 2.83. The summed E-state index contributed by atoms with van der Waals surface area (Å²) in [6.45, 7) is 3.64. The number of halogens is 1. The predicted octanol–water partition coefficient (Wildman–Crippen LogP) is 6.17. The number of aryl methyl sites for hydroxylation is 1. The molecule has 4 rings (SSSR count). The van der Waals surface area contributed by atoms with Gasteiger partial charge in [-0.05, 0) is 67.4 Å². The van der Waals surface area contributed by atoms with E-state index in [1.165, 1.54) is 30.0 Å². The highest BCUT2D eigenvalue weighted by atomic mass is 35.5. The number of carbonyl (C=O) groups excluding carboxylic acids is 1. The molecule has 0 fully saturated rings. The van der Waals surface area contributed by atoms with Gasteiger partial charge in [0.2, 0.25) is 11.2 Å². The van der Waals surface area contributed by atoms with Crippen LogP contribution < -0.4 is 19.6 Å². The topological polar surface area (TPSA) is 75.0 Å². The largest absolute Gasteiger partial charge is 0.479 e. The van der Waals surface area contributed by atoms with Crippen LogP contribution >= 0.6 is 11.6 Å². The lowest BCUT2D eigenvalue weighted by atomic mass is 10.2. The lowest BCUT2D eigenvalue weighted by Gasteiger charge is -2.14. The van der Waals surface area contributed by atoms with Crippen molar-refractivity contribution in [3.05, 3.63) is 93.8 Å². The number of benzene rings is 3. The van der Waals surface area contributed by atoms with Crippen molar-refractivity contribution in [1.29, 1.82) is 0 Å². The SMILES string of the molecule is CCc1ccc(Oc2coc3cc(OC(=O)C(C)Oc4ccc(Cl)cc4)ccc3c2=O)cc1. The van der Waals surface area contributed by atoms with Crippen molar-refractivity contribution < 1.29 is 23.4 Å². The lowest BCUT2D eigenvalue weighted by Crippen LogP contribution is -2.28. The van der Waals surface area contributed by atoms with Gasteiger partial charge in [-0.15, -0.1) is 0 Å².